The van der Waals surface area contributed by atoms with Gasteiger partial charge in [0.15, 0.2) is 6.10 Å². The molecule has 0 spiro atoms. The summed E-state index contributed by atoms with van der Waals surface area (Å²) in [6.45, 7) is 6.54. The Bertz CT molecular complexity index is 1470. The second-order valence-corrected chi connectivity index (χ2v) is 22.0. The van der Waals surface area contributed by atoms with Crippen molar-refractivity contribution in [1.82, 2.24) is 0 Å². The lowest BCUT2D eigenvalue weighted by Gasteiger charge is -2.18. The van der Waals surface area contributed by atoms with E-state index in [-0.39, 0.29) is 31.1 Å². The molecular weight excluding hydrogens is 949 g/mol. The zero-order chi connectivity index (χ0) is 55.7. The van der Waals surface area contributed by atoms with Crippen LogP contribution in [-0.2, 0) is 28.6 Å². The molecule has 6 heteroatoms. The van der Waals surface area contributed by atoms with Gasteiger partial charge in [0.05, 0.1) is 0 Å². The largest absolute Gasteiger partial charge is 0.462 e. The number of unbranched alkanes of at least 4 members (excludes halogenated alkanes) is 35. The molecular formula is C71H124O6. The lowest BCUT2D eigenvalue weighted by atomic mass is 10.0. The number of allylic oxidation sites excluding steroid dienone is 14. The van der Waals surface area contributed by atoms with Crippen molar-refractivity contribution < 1.29 is 28.6 Å². The van der Waals surface area contributed by atoms with Gasteiger partial charge in [-0.15, -0.1) is 0 Å². The Morgan fingerprint density at radius 3 is 0.792 bits per heavy atom. The van der Waals surface area contributed by atoms with E-state index in [1.54, 1.807) is 0 Å². The van der Waals surface area contributed by atoms with Gasteiger partial charge in [0.25, 0.3) is 0 Å². The normalized spacial score (nSPS) is 12.6. The number of hydrogen-bond acceptors (Lipinski definition) is 6. The fourth-order valence-electron chi connectivity index (χ4n) is 9.44. The molecule has 0 aromatic heterocycles. The third-order valence-electron chi connectivity index (χ3n) is 14.4. The summed E-state index contributed by atoms with van der Waals surface area (Å²) in [5, 5.41) is 0. The summed E-state index contributed by atoms with van der Waals surface area (Å²) in [4.78, 5) is 38.4. The van der Waals surface area contributed by atoms with Crippen LogP contribution in [0.3, 0.4) is 0 Å². The molecule has 0 radical (unpaired) electrons. The smallest absolute Gasteiger partial charge is 0.306 e. The first-order valence-electron chi connectivity index (χ1n) is 33.1. The minimum Gasteiger partial charge on any atom is -0.462 e. The molecule has 0 aliphatic rings. The molecule has 1 unspecified atom stereocenters. The molecule has 444 valence electrons. The van der Waals surface area contributed by atoms with E-state index in [1.807, 2.05) is 0 Å². The number of esters is 3. The number of hydrogen-bond donors (Lipinski definition) is 0. The average molecular weight is 1070 g/mol. The molecule has 1 atom stereocenters. The molecule has 0 aromatic carbocycles. The monoisotopic (exact) mass is 1070 g/mol. The van der Waals surface area contributed by atoms with Crippen LogP contribution in [0.5, 0.6) is 0 Å². The lowest BCUT2D eigenvalue weighted by molar-refractivity contribution is -0.167. The fourth-order valence-corrected chi connectivity index (χ4v) is 9.44. The fraction of sp³-hybridized carbons (Fsp3) is 0.761. The van der Waals surface area contributed by atoms with Crippen molar-refractivity contribution in [3.8, 4) is 0 Å². The Morgan fingerprint density at radius 2 is 0.506 bits per heavy atom. The Balaban J connectivity index is 4.34. The summed E-state index contributed by atoms with van der Waals surface area (Å²) in [5.74, 6) is -0.876. The van der Waals surface area contributed by atoms with Crippen molar-refractivity contribution in [3.63, 3.8) is 0 Å². The van der Waals surface area contributed by atoms with E-state index < -0.39 is 6.10 Å². The summed E-state index contributed by atoms with van der Waals surface area (Å²) in [6.07, 6.45) is 85.9. The van der Waals surface area contributed by atoms with Gasteiger partial charge in [-0.25, -0.2) is 0 Å². The lowest BCUT2D eigenvalue weighted by Crippen LogP contribution is -2.30. The van der Waals surface area contributed by atoms with Gasteiger partial charge in [0, 0.05) is 19.3 Å². The van der Waals surface area contributed by atoms with Gasteiger partial charge in [-0.3, -0.25) is 14.4 Å². The van der Waals surface area contributed by atoms with Gasteiger partial charge in [0.2, 0.25) is 0 Å². The summed E-state index contributed by atoms with van der Waals surface area (Å²) in [6, 6.07) is 0. The molecule has 0 aliphatic carbocycles. The zero-order valence-electron chi connectivity index (χ0n) is 51.0. The van der Waals surface area contributed by atoms with Crippen molar-refractivity contribution in [2.75, 3.05) is 13.2 Å². The second kappa shape index (κ2) is 65.1. The maximum Gasteiger partial charge on any atom is 0.306 e. The predicted octanol–water partition coefficient (Wildman–Crippen LogP) is 22.7. The van der Waals surface area contributed by atoms with Crippen molar-refractivity contribution in [2.45, 2.75) is 335 Å². The maximum atomic E-state index is 12.9. The van der Waals surface area contributed by atoms with Gasteiger partial charge in [-0.1, -0.05) is 298 Å². The second-order valence-electron chi connectivity index (χ2n) is 22.0. The van der Waals surface area contributed by atoms with Crippen LogP contribution in [0, 0.1) is 0 Å². The van der Waals surface area contributed by atoms with E-state index in [9.17, 15) is 14.4 Å². The Kier molecular flexibility index (Phi) is 62.2. The van der Waals surface area contributed by atoms with Gasteiger partial charge < -0.3 is 14.2 Å². The van der Waals surface area contributed by atoms with Crippen LogP contribution in [0.1, 0.15) is 329 Å². The topological polar surface area (TPSA) is 78.9 Å². The van der Waals surface area contributed by atoms with Crippen molar-refractivity contribution in [1.29, 1.82) is 0 Å². The van der Waals surface area contributed by atoms with Crippen LogP contribution >= 0.6 is 0 Å². The summed E-state index contributed by atoms with van der Waals surface area (Å²) in [5.41, 5.74) is 0. The first-order valence-corrected chi connectivity index (χ1v) is 33.1. The first kappa shape index (κ1) is 73.6. The van der Waals surface area contributed by atoms with Crippen LogP contribution in [0.2, 0.25) is 0 Å². The third-order valence-corrected chi connectivity index (χ3v) is 14.4. The van der Waals surface area contributed by atoms with E-state index in [2.05, 4.69) is 106 Å². The summed E-state index contributed by atoms with van der Waals surface area (Å²) < 4.78 is 16.9. The van der Waals surface area contributed by atoms with Crippen LogP contribution in [0.15, 0.2) is 85.1 Å². The highest BCUT2D eigenvalue weighted by atomic mass is 16.6. The highest BCUT2D eigenvalue weighted by molar-refractivity contribution is 5.71. The third kappa shape index (κ3) is 63.3. The molecule has 0 rings (SSSR count). The highest BCUT2D eigenvalue weighted by Crippen LogP contribution is 2.17. The molecule has 0 saturated carbocycles. The summed E-state index contributed by atoms with van der Waals surface area (Å²) >= 11 is 0. The zero-order valence-corrected chi connectivity index (χ0v) is 51.0. The number of carbonyl (C=O) groups excluding carboxylic acids is 3. The average Bonchev–Trinajstić information content (AvgIpc) is 3.43. The van der Waals surface area contributed by atoms with Crippen LogP contribution in [0.4, 0.5) is 0 Å². The van der Waals surface area contributed by atoms with Crippen molar-refractivity contribution in [2.24, 2.45) is 0 Å². The van der Waals surface area contributed by atoms with E-state index in [0.29, 0.717) is 19.3 Å². The maximum absolute atomic E-state index is 12.9. The summed E-state index contributed by atoms with van der Waals surface area (Å²) in [7, 11) is 0. The quantitative estimate of drug-likeness (QED) is 0.0261. The van der Waals surface area contributed by atoms with Crippen LogP contribution < -0.4 is 0 Å². The van der Waals surface area contributed by atoms with Crippen LogP contribution in [-0.4, -0.2) is 37.2 Å². The molecule has 0 amide bonds. The van der Waals surface area contributed by atoms with E-state index in [1.165, 1.54) is 186 Å². The first-order chi connectivity index (χ1) is 38.0. The molecule has 6 nitrogen and oxygen atoms in total. The van der Waals surface area contributed by atoms with E-state index in [0.717, 1.165) is 103 Å². The molecule has 77 heavy (non-hydrogen) atoms. The van der Waals surface area contributed by atoms with Gasteiger partial charge in [-0.05, 0) is 96.3 Å². The molecule has 0 N–H and O–H groups in total. The SMILES string of the molecule is CC/C=C\C/C=C\C/C=C\C/C=C\C/C=C\CCCCCCCCCC(=O)OCC(COC(=O)CCCCCCCCCCCCCCC)OC(=O)CCCCCCCCCCCCC/C=C\C/C=C\CCCCCCC. The number of carbonyl (C=O) groups is 3. The van der Waals surface area contributed by atoms with E-state index in [4.69, 9.17) is 14.2 Å². The van der Waals surface area contributed by atoms with Crippen LogP contribution in [0.25, 0.3) is 0 Å². The minimum absolute atomic E-state index is 0.0777. The highest BCUT2D eigenvalue weighted by Gasteiger charge is 2.19. The predicted molar refractivity (Wildman–Crippen MR) is 334 cm³/mol. The van der Waals surface area contributed by atoms with E-state index >= 15 is 0 Å². The van der Waals surface area contributed by atoms with Crippen molar-refractivity contribution >= 4 is 17.9 Å². The number of rotatable bonds is 60. The Morgan fingerprint density at radius 1 is 0.273 bits per heavy atom. The standard InChI is InChI=1S/C71H124O6/c1-4-7-10-13-16-19-22-25-27-29-31-33-35-37-39-41-43-46-49-52-55-58-61-64-70(73)76-67-68(66-75-69(72)63-60-57-54-51-48-45-24-21-18-15-12-9-6-3)77-71(74)65-62-59-56-53-50-47-44-42-40-38-36-34-32-30-28-26-23-20-17-14-11-8-5-2/h7,10,16,19,23,25-27,30-33,37,39,68H,4-6,8-9,11-15,17-18,20-22,24,28-29,34-36,38,40-67H2,1-3H3/b10-7-,19-16-,26-23-,27-25-,32-30-,33-31-,39-37-. The Hall–Kier alpha value is -3.41. The molecule has 0 heterocycles. The minimum atomic E-state index is -0.782. The molecule has 0 aliphatic heterocycles. The van der Waals surface area contributed by atoms with Gasteiger partial charge in [0.1, 0.15) is 13.2 Å². The molecule has 0 aromatic rings. The molecule has 0 saturated heterocycles. The van der Waals surface area contributed by atoms with Gasteiger partial charge >= 0.3 is 17.9 Å². The van der Waals surface area contributed by atoms with Gasteiger partial charge in [-0.2, -0.15) is 0 Å². The number of ether oxygens (including phenoxy) is 3. The molecule has 0 fully saturated rings. The van der Waals surface area contributed by atoms with Crippen molar-refractivity contribution in [3.05, 3.63) is 85.1 Å². The Labute approximate surface area is 477 Å². The molecule has 0 bridgehead atoms.